The Kier molecular flexibility index (Phi) is 3.64. The molecule has 0 aromatic carbocycles. The molecule has 1 amide bonds. The van der Waals surface area contributed by atoms with Gasteiger partial charge in [0.05, 0.1) is 12.1 Å². The number of aromatic nitrogens is 2. The average molecular weight is 251 g/mol. The average Bonchev–Trinajstić information content (AvgIpc) is 2.94. The number of carboxylic acids is 1. The number of aliphatic carboxylic acids is 1. The number of rotatable bonds is 4. The summed E-state index contributed by atoms with van der Waals surface area (Å²) in [4.78, 5) is 22.7. The third-order valence-electron chi connectivity index (χ3n) is 3.38. The van der Waals surface area contributed by atoms with E-state index in [0.717, 1.165) is 5.56 Å². The van der Waals surface area contributed by atoms with E-state index in [9.17, 15) is 9.59 Å². The van der Waals surface area contributed by atoms with Crippen LogP contribution in [-0.4, -0.2) is 26.8 Å². The molecule has 2 N–H and O–H groups in total. The molecule has 98 valence electrons. The van der Waals surface area contributed by atoms with Crippen molar-refractivity contribution in [3.63, 3.8) is 0 Å². The number of amides is 1. The third kappa shape index (κ3) is 2.88. The van der Waals surface area contributed by atoms with Crippen molar-refractivity contribution in [1.29, 1.82) is 0 Å². The van der Waals surface area contributed by atoms with E-state index in [1.807, 2.05) is 13.2 Å². The van der Waals surface area contributed by atoms with Gasteiger partial charge >= 0.3 is 5.97 Å². The molecule has 0 spiro atoms. The van der Waals surface area contributed by atoms with Crippen LogP contribution in [0.5, 0.6) is 0 Å². The van der Waals surface area contributed by atoms with Crippen LogP contribution in [0.1, 0.15) is 24.8 Å². The lowest BCUT2D eigenvalue weighted by atomic mass is 10.0. The summed E-state index contributed by atoms with van der Waals surface area (Å²) in [5.74, 6) is -1.37. The van der Waals surface area contributed by atoms with Crippen LogP contribution in [0.4, 0.5) is 0 Å². The first-order chi connectivity index (χ1) is 8.56. The molecule has 1 heterocycles. The van der Waals surface area contributed by atoms with Crippen LogP contribution < -0.4 is 5.32 Å². The normalized spacial score (nSPS) is 22.9. The fourth-order valence-electron chi connectivity index (χ4n) is 2.34. The van der Waals surface area contributed by atoms with Crippen molar-refractivity contribution in [3.05, 3.63) is 18.0 Å². The van der Waals surface area contributed by atoms with E-state index in [1.54, 1.807) is 10.9 Å². The molecular weight excluding hydrogens is 234 g/mol. The molecule has 0 saturated heterocycles. The highest BCUT2D eigenvalue weighted by molar-refractivity contribution is 5.80. The summed E-state index contributed by atoms with van der Waals surface area (Å²) in [6, 6.07) is 0. The molecule has 1 fully saturated rings. The van der Waals surface area contributed by atoms with Gasteiger partial charge in [-0.15, -0.1) is 0 Å². The molecule has 6 nitrogen and oxygen atoms in total. The number of carbonyl (C=O) groups is 2. The number of aryl methyl sites for hydroxylation is 1. The second kappa shape index (κ2) is 5.20. The number of hydrogen-bond donors (Lipinski definition) is 2. The van der Waals surface area contributed by atoms with Crippen LogP contribution in [0.2, 0.25) is 0 Å². The van der Waals surface area contributed by atoms with Gasteiger partial charge in [0, 0.05) is 31.3 Å². The Hall–Kier alpha value is -1.85. The second-order valence-corrected chi connectivity index (χ2v) is 4.79. The highest BCUT2D eigenvalue weighted by atomic mass is 16.4. The minimum Gasteiger partial charge on any atom is -0.481 e. The summed E-state index contributed by atoms with van der Waals surface area (Å²) in [5, 5.41) is 15.7. The van der Waals surface area contributed by atoms with Gasteiger partial charge in [0.2, 0.25) is 5.91 Å². The zero-order valence-corrected chi connectivity index (χ0v) is 10.3. The Balaban J connectivity index is 1.80. The molecule has 0 bridgehead atoms. The van der Waals surface area contributed by atoms with E-state index in [2.05, 4.69) is 10.4 Å². The van der Waals surface area contributed by atoms with Crippen LogP contribution in [0, 0.1) is 11.8 Å². The number of carbonyl (C=O) groups excluding carboxylic acids is 1. The zero-order chi connectivity index (χ0) is 13.1. The maximum atomic E-state index is 11.9. The van der Waals surface area contributed by atoms with Crippen molar-refractivity contribution in [3.8, 4) is 0 Å². The fraction of sp³-hybridized carbons (Fsp3) is 0.583. The highest BCUT2D eigenvalue weighted by Gasteiger charge is 2.33. The standard InChI is InChI=1S/C12H17N3O3/c1-15-7-8(6-14-15)5-13-11(16)9-2-3-10(4-9)12(17)18/h6-7,9-10H,2-5H2,1H3,(H,13,16)(H,17,18). The number of hydrogen-bond acceptors (Lipinski definition) is 3. The van der Waals surface area contributed by atoms with Gasteiger partial charge in [0.15, 0.2) is 0 Å². The molecule has 0 aliphatic heterocycles. The minimum absolute atomic E-state index is 0.0531. The molecule has 0 radical (unpaired) electrons. The van der Waals surface area contributed by atoms with Crippen molar-refractivity contribution in [2.75, 3.05) is 0 Å². The first-order valence-electron chi connectivity index (χ1n) is 6.04. The summed E-state index contributed by atoms with van der Waals surface area (Å²) in [6.07, 6.45) is 5.26. The molecule has 1 saturated carbocycles. The lowest BCUT2D eigenvalue weighted by molar-refractivity contribution is -0.141. The zero-order valence-electron chi connectivity index (χ0n) is 10.3. The van der Waals surface area contributed by atoms with Crippen molar-refractivity contribution in [1.82, 2.24) is 15.1 Å². The van der Waals surface area contributed by atoms with Gasteiger partial charge in [0.1, 0.15) is 0 Å². The molecule has 6 heteroatoms. The van der Waals surface area contributed by atoms with Gasteiger partial charge in [-0.05, 0) is 19.3 Å². The Morgan fingerprint density at radius 1 is 1.50 bits per heavy atom. The second-order valence-electron chi connectivity index (χ2n) is 4.79. The summed E-state index contributed by atoms with van der Waals surface area (Å²) in [7, 11) is 1.82. The van der Waals surface area contributed by atoms with Crippen molar-refractivity contribution in [2.24, 2.45) is 18.9 Å². The number of nitrogens with zero attached hydrogens (tertiary/aromatic N) is 2. The smallest absolute Gasteiger partial charge is 0.306 e. The molecule has 1 aromatic rings. The van der Waals surface area contributed by atoms with Crippen LogP contribution >= 0.6 is 0 Å². The Bertz CT molecular complexity index is 455. The molecule has 2 atom stereocenters. The molecular formula is C12H17N3O3. The minimum atomic E-state index is -0.794. The van der Waals surface area contributed by atoms with E-state index >= 15 is 0 Å². The summed E-state index contributed by atoms with van der Waals surface area (Å²) < 4.78 is 1.68. The molecule has 2 unspecified atom stereocenters. The largest absolute Gasteiger partial charge is 0.481 e. The van der Waals surface area contributed by atoms with E-state index in [1.165, 1.54) is 0 Å². The van der Waals surface area contributed by atoms with Crippen LogP contribution in [-0.2, 0) is 23.2 Å². The van der Waals surface area contributed by atoms with Crippen LogP contribution in [0.25, 0.3) is 0 Å². The van der Waals surface area contributed by atoms with E-state index in [4.69, 9.17) is 5.11 Å². The monoisotopic (exact) mass is 251 g/mol. The fourth-order valence-corrected chi connectivity index (χ4v) is 2.34. The van der Waals surface area contributed by atoms with Gasteiger partial charge in [-0.2, -0.15) is 5.10 Å². The molecule has 1 aliphatic carbocycles. The maximum absolute atomic E-state index is 11.9. The maximum Gasteiger partial charge on any atom is 0.306 e. The summed E-state index contributed by atoms with van der Waals surface area (Å²) >= 11 is 0. The lowest BCUT2D eigenvalue weighted by Crippen LogP contribution is -2.29. The van der Waals surface area contributed by atoms with Crippen molar-refractivity contribution in [2.45, 2.75) is 25.8 Å². The predicted octanol–water partition coefficient (Wildman–Crippen LogP) is 0.537. The number of carboxylic acid groups (broad SMARTS) is 1. The Labute approximate surface area is 105 Å². The van der Waals surface area contributed by atoms with Gasteiger partial charge in [-0.1, -0.05) is 0 Å². The third-order valence-corrected chi connectivity index (χ3v) is 3.38. The lowest BCUT2D eigenvalue weighted by Gasteiger charge is -2.09. The van der Waals surface area contributed by atoms with Gasteiger partial charge < -0.3 is 10.4 Å². The van der Waals surface area contributed by atoms with Crippen LogP contribution in [0.3, 0.4) is 0 Å². The van der Waals surface area contributed by atoms with Crippen LogP contribution in [0.15, 0.2) is 12.4 Å². The highest BCUT2D eigenvalue weighted by Crippen LogP contribution is 2.31. The first-order valence-corrected chi connectivity index (χ1v) is 6.04. The molecule has 2 rings (SSSR count). The topological polar surface area (TPSA) is 84.2 Å². The van der Waals surface area contributed by atoms with E-state index in [-0.39, 0.29) is 17.7 Å². The number of nitrogens with one attached hydrogen (secondary N) is 1. The molecule has 1 aliphatic rings. The summed E-state index contributed by atoms with van der Waals surface area (Å²) in [6.45, 7) is 0.445. The molecule has 18 heavy (non-hydrogen) atoms. The Morgan fingerprint density at radius 3 is 2.78 bits per heavy atom. The van der Waals surface area contributed by atoms with E-state index in [0.29, 0.717) is 25.8 Å². The predicted molar refractivity (Wildman–Crippen MR) is 63.5 cm³/mol. The SMILES string of the molecule is Cn1cc(CNC(=O)C2CCC(C(=O)O)C2)cn1. The van der Waals surface area contributed by atoms with Gasteiger partial charge in [-0.25, -0.2) is 0 Å². The summed E-state index contributed by atoms with van der Waals surface area (Å²) in [5.41, 5.74) is 0.943. The van der Waals surface area contributed by atoms with Crippen molar-refractivity contribution < 1.29 is 14.7 Å². The van der Waals surface area contributed by atoms with E-state index < -0.39 is 5.97 Å². The van der Waals surface area contributed by atoms with Gasteiger partial charge in [-0.3, -0.25) is 14.3 Å². The van der Waals surface area contributed by atoms with Gasteiger partial charge in [0.25, 0.3) is 0 Å². The Morgan fingerprint density at radius 2 is 2.22 bits per heavy atom. The first kappa shape index (κ1) is 12.6. The quantitative estimate of drug-likeness (QED) is 0.818. The molecule has 1 aromatic heterocycles. The van der Waals surface area contributed by atoms with Crippen molar-refractivity contribution >= 4 is 11.9 Å².